The van der Waals surface area contributed by atoms with Gasteiger partial charge < -0.3 is 10.6 Å². The van der Waals surface area contributed by atoms with Crippen LogP contribution in [0.3, 0.4) is 0 Å². The normalized spacial score (nSPS) is 26.1. The zero-order valence-electron chi connectivity index (χ0n) is 11.9. The molecule has 108 valence electrons. The second-order valence-corrected chi connectivity index (χ2v) is 6.01. The largest absolute Gasteiger partial charge is 0.334 e. The molecule has 0 bridgehead atoms. The molecule has 2 aliphatic rings. The summed E-state index contributed by atoms with van der Waals surface area (Å²) < 4.78 is 0. The van der Waals surface area contributed by atoms with Crippen LogP contribution in [0, 0.1) is 5.92 Å². The lowest BCUT2D eigenvalue weighted by Gasteiger charge is -2.44. The predicted octanol–water partition coefficient (Wildman–Crippen LogP) is 2.34. The number of fused-ring (bicyclic) bond motifs is 1. The number of amides is 1. The van der Waals surface area contributed by atoms with Crippen molar-refractivity contribution >= 4 is 5.91 Å². The number of hydrogen-bond acceptors (Lipinski definition) is 3. The predicted molar refractivity (Wildman–Crippen MR) is 78.1 cm³/mol. The van der Waals surface area contributed by atoms with Crippen molar-refractivity contribution in [2.75, 3.05) is 6.54 Å². The molecule has 0 radical (unpaired) electrons. The fraction of sp³-hybridized carbons (Fsp3) is 0.625. The van der Waals surface area contributed by atoms with Crippen LogP contribution in [0.4, 0.5) is 0 Å². The molecule has 2 unspecified atom stereocenters. The zero-order chi connectivity index (χ0) is 13.9. The van der Waals surface area contributed by atoms with Gasteiger partial charge in [-0.3, -0.25) is 9.78 Å². The number of likely N-dealkylation sites (tertiary alicyclic amines) is 1. The van der Waals surface area contributed by atoms with Gasteiger partial charge in [0.05, 0.1) is 0 Å². The molecule has 4 heteroatoms. The van der Waals surface area contributed by atoms with Crippen LogP contribution in [0.2, 0.25) is 0 Å². The highest BCUT2D eigenvalue weighted by atomic mass is 16.2. The molecule has 0 spiro atoms. The summed E-state index contributed by atoms with van der Waals surface area (Å²) in [5.74, 6) is 0.815. The van der Waals surface area contributed by atoms with E-state index in [1.165, 1.54) is 25.7 Å². The van der Waals surface area contributed by atoms with Crippen LogP contribution in [0.1, 0.15) is 54.6 Å². The molecular formula is C16H23N3O. The Morgan fingerprint density at radius 1 is 1.25 bits per heavy atom. The monoisotopic (exact) mass is 273 g/mol. The first-order valence-corrected chi connectivity index (χ1v) is 7.75. The minimum Gasteiger partial charge on any atom is -0.334 e. The topological polar surface area (TPSA) is 59.2 Å². The molecule has 4 nitrogen and oxygen atoms in total. The van der Waals surface area contributed by atoms with Crippen molar-refractivity contribution in [3.05, 3.63) is 29.6 Å². The number of piperidine rings is 1. The molecule has 1 aliphatic heterocycles. The molecular weight excluding hydrogens is 250 g/mol. The van der Waals surface area contributed by atoms with Crippen molar-refractivity contribution in [2.24, 2.45) is 11.7 Å². The maximum absolute atomic E-state index is 12.7. The number of hydrogen-bond donors (Lipinski definition) is 1. The fourth-order valence-electron chi connectivity index (χ4n) is 3.70. The first-order chi connectivity index (χ1) is 9.79. The van der Waals surface area contributed by atoms with Gasteiger partial charge in [0.2, 0.25) is 0 Å². The Kier molecular flexibility index (Phi) is 4.01. The van der Waals surface area contributed by atoms with Gasteiger partial charge >= 0.3 is 0 Å². The van der Waals surface area contributed by atoms with E-state index in [4.69, 9.17) is 5.73 Å². The average Bonchev–Trinajstić information content (AvgIpc) is 2.54. The molecule has 1 aromatic heterocycles. The highest BCUT2D eigenvalue weighted by Gasteiger charge is 2.36. The first-order valence-electron chi connectivity index (χ1n) is 7.75. The second-order valence-electron chi connectivity index (χ2n) is 6.01. The Morgan fingerprint density at radius 3 is 2.80 bits per heavy atom. The molecule has 2 atom stereocenters. The molecule has 1 amide bonds. The molecule has 2 N–H and O–H groups in total. The van der Waals surface area contributed by atoms with Crippen LogP contribution in [0.15, 0.2) is 18.3 Å². The van der Waals surface area contributed by atoms with Gasteiger partial charge in [-0.2, -0.15) is 0 Å². The summed E-state index contributed by atoms with van der Waals surface area (Å²) in [4.78, 5) is 19.1. The molecule has 3 rings (SSSR count). The van der Waals surface area contributed by atoms with Crippen LogP contribution < -0.4 is 5.73 Å². The fourth-order valence-corrected chi connectivity index (χ4v) is 3.70. The summed E-state index contributed by atoms with van der Waals surface area (Å²) >= 11 is 0. The Bertz CT molecular complexity index is 469. The van der Waals surface area contributed by atoms with Crippen molar-refractivity contribution in [3.8, 4) is 0 Å². The Morgan fingerprint density at radius 2 is 2.05 bits per heavy atom. The van der Waals surface area contributed by atoms with Crippen molar-refractivity contribution in [1.29, 1.82) is 0 Å². The lowest BCUT2D eigenvalue weighted by molar-refractivity contribution is 0.0385. The summed E-state index contributed by atoms with van der Waals surface area (Å²) in [6.07, 6.45) is 9.17. The van der Waals surface area contributed by atoms with E-state index in [0.29, 0.717) is 24.2 Å². The number of carbonyl (C=O) groups excluding carboxylic acids is 1. The summed E-state index contributed by atoms with van der Waals surface area (Å²) in [6.45, 7) is 1.36. The van der Waals surface area contributed by atoms with E-state index in [9.17, 15) is 4.79 Å². The van der Waals surface area contributed by atoms with Crippen molar-refractivity contribution in [1.82, 2.24) is 9.88 Å². The highest BCUT2D eigenvalue weighted by molar-refractivity contribution is 5.92. The Labute approximate surface area is 120 Å². The smallest absolute Gasteiger partial charge is 0.272 e. The summed E-state index contributed by atoms with van der Waals surface area (Å²) in [5, 5.41) is 0. The molecule has 20 heavy (non-hydrogen) atoms. The second kappa shape index (κ2) is 5.92. The summed E-state index contributed by atoms with van der Waals surface area (Å²) in [5.41, 5.74) is 7.10. The van der Waals surface area contributed by atoms with Crippen LogP contribution in [-0.4, -0.2) is 28.4 Å². The third-order valence-electron chi connectivity index (χ3n) is 4.78. The number of nitrogens with two attached hydrogens (primary N) is 1. The molecule has 1 aliphatic carbocycles. The minimum absolute atomic E-state index is 0.102. The third-order valence-corrected chi connectivity index (χ3v) is 4.78. The molecule has 2 fully saturated rings. The number of nitrogens with zero attached hydrogens (tertiary/aromatic N) is 2. The maximum Gasteiger partial charge on any atom is 0.272 e. The number of pyridine rings is 1. The quantitative estimate of drug-likeness (QED) is 0.899. The summed E-state index contributed by atoms with van der Waals surface area (Å²) in [7, 11) is 0. The zero-order valence-corrected chi connectivity index (χ0v) is 11.9. The number of aromatic nitrogens is 1. The highest BCUT2D eigenvalue weighted by Crippen LogP contribution is 2.35. The number of carbonyl (C=O) groups is 1. The van der Waals surface area contributed by atoms with E-state index in [1.54, 1.807) is 6.20 Å². The van der Waals surface area contributed by atoms with Crippen LogP contribution in [0.5, 0.6) is 0 Å². The van der Waals surface area contributed by atoms with E-state index < -0.39 is 0 Å². The van der Waals surface area contributed by atoms with Crippen molar-refractivity contribution in [3.63, 3.8) is 0 Å². The van der Waals surface area contributed by atoms with Crippen molar-refractivity contribution in [2.45, 2.75) is 51.1 Å². The first kappa shape index (κ1) is 13.6. The maximum atomic E-state index is 12.7. The van der Waals surface area contributed by atoms with Crippen LogP contribution in [0.25, 0.3) is 0 Å². The lowest BCUT2D eigenvalue weighted by atomic mass is 9.78. The van der Waals surface area contributed by atoms with E-state index in [-0.39, 0.29) is 5.91 Å². The van der Waals surface area contributed by atoms with Gasteiger partial charge in [0, 0.05) is 25.3 Å². The Balaban J connectivity index is 1.77. The molecule has 1 saturated heterocycles. The molecule has 0 aromatic carbocycles. The average molecular weight is 273 g/mol. The number of rotatable bonds is 2. The van der Waals surface area contributed by atoms with Crippen LogP contribution in [-0.2, 0) is 6.54 Å². The molecule has 1 aromatic rings. The van der Waals surface area contributed by atoms with E-state index >= 15 is 0 Å². The van der Waals surface area contributed by atoms with Gasteiger partial charge in [0.15, 0.2) is 0 Å². The minimum atomic E-state index is 0.102. The van der Waals surface area contributed by atoms with Gasteiger partial charge in [-0.1, -0.05) is 18.9 Å². The Hall–Kier alpha value is -1.42. The molecule has 2 heterocycles. The third kappa shape index (κ3) is 2.57. The summed E-state index contributed by atoms with van der Waals surface area (Å²) in [6, 6.07) is 4.17. The SMILES string of the molecule is NCc1ccc(C(=O)N2CCCC3CCCCC32)nc1. The van der Waals surface area contributed by atoms with E-state index in [0.717, 1.165) is 24.9 Å². The standard InChI is InChI=1S/C16H23N3O/c17-10-12-7-8-14(18-11-12)16(20)19-9-3-5-13-4-1-2-6-15(13)19/h7-8,11,13,15H,1-6,9-10,17H2. The van der Waals surface area contributed by atoms with Crippen LogP contribution >= 0.6 is 0 Å². The van der Waals surface area contributed by atoms with Gasteiger partial charge in [0.25, 0.3) is 5.91 Å². The van der Waals surface area contributed by atoms with Gasteiger partial charge in [-0.25, -0.2) is 0 Å². The van der Waals surface area contributed by atoms with E-state index in [2.05, 4.69) is 9.88 Å². The van der Waals surface area contributed by atoms with E-state index in [1.807, 2.05) is 12.1 Å². The van der Waals surface area contributed by atoms with Gasteiger partial charge in [0.1, 0.15) is 5.69 Å². The van der Waals surface area contributed by atoms with Gasteiger partial charge in [-0.15, -0.1) is 0 Å². The van der Waals surface area contributed by atoms with Gasteiger partial charge in [-0.05, 0) is 43.2 Å². The lowest BCUT2D eigenvalue weighted by Crippen LogP contribution is -2.49. The van der Waals surface area contributed by atoms with Crippen molar-refractivity contribution < 1.29 is 4.79 Å². The molecule has 1 saturated carbocycles.